The average molecular weight is 356 g/mol. The average Bonchev–Trinajstić information content (AvgIpc) is 2.65. The molecule has 0 aliphatic carbocycles. The second-order valence-electron chi connectivity index (χ2n) is 6.24. The Morgan fingerprint density at radius 2 is 1.73 bits per heavy atom. The molecular formula is C21H25FN2O2. The maximum Gasteiger partial charge on any atom is 0.242 e. The van der Waals surface area contributed by atoms with Gasteiger partial charge in [-0.15, -0.1) is 0 Å². The Morgan fingerprint density at radius 3 is 2.38 bits per heavy atom. The summed E-state index contributed by atoms with van der Waals surface area (Å²) in [6.07, 6.45) is 0.977. The van der Waals surface area contributed by atoms with Gasteiger partial charge >= 0.3 is 0 Å². The molecule has 2 aromatic carbocycles. The highest BCUT2D eigenvalue weighted by molar-refractivity contribution is 5.88. The molecule has 4 nitrogen and oxygen atoms in total. The second kappa shape index (κ2) is 9.70. The van der Waals surface area contributed by atoms with E-state index in [4.69, 9.17) is 0 Å². The van der Waals surface area contributed by atoms with Crippen LogP contribution < -0.4 is 5.32 Å². The maximum atomic E-state index is 14.1. The van der Waals surface area contributed by atoms with Crippen molar-refractivity contribution in [1.82, 2.24) is 10.2 Å². The van der Waals surface area contributed by atoms with Crippen LogP contribution in [0.2, 0.25) is 0 Å². The minimum atomic E-state index is -0.683. The highest BCUT2D eigenvalue weighted by Gasteiger charge is 2.26. The van der Waals surface area contributed by atoms with Gasteiger partial charge in [0, 0.05) is 18.7 Å². The van der Waals surface area contributed by atoms with Crippen molar-refractivity contribution in [3.05, 3.63) is 71.5 Å². The molecule has 0 aromatic heterocycles. The first-order valence-corrected chi connectivity index (χ1v) is 8.87. The molecule has 1 unspecified atom stereocenters. The molecule has 0 bridgehead atoms. The van der Waals surface area contributed by atoms with Gasteiger partial charge in [0.1, 0.15) is 11.9 Å². The zero-order valence-electron chi connectivity index (χ0n) is 15.2. The van der Waals surface area contributed by atoms with Crippen molar-refractivity contribution in [2.45, 2.75) is 39.3 Å². The predicted octanol–water partition coefficient (Wildman–Crippen LogP) is 3.31. The van der Waals surface area contributed by atoms with E-state index < -0.39 is 6.04 Å². The SMILES string of the molecule is CCCNC(=O)C(C)N(Cc1ccccc1F)C(=O)Cc1ccccc1. The second-order valence-corrected chi connectivity index (χ2v) is 6.24. The number of nitrogens with zero attached hydrogens (tertiary/aromatic N) is 1. The Balaban J connectivity index is 2.21. The van der Waals surface area contributed by atoms with Crippen LogP contribution in [0.15, 0.2) is 54.6 Å². The molecule has 0 saturated heterocycles. The summed E-state index contributed by atoms with van der Waals surface area (Å²) in [4.78, 5) is 26.7. The number of halogens is 1. The summed E-state index contributed by atoms with van der Waals surface area (Å²) in [5.41, 5.74) is 1.25. The van der Waals surface area contributed by atoms with Crippen molar-refractivity contribution in [3.63, 3.8) is 0 Å². The molecule has 0 aliphatic heterocycles. The molecule has 0 heterocycles. The smallest absolute Gasteiger partial charge is 0.242 e. The number of hydrogen-bond donors (Lipinski definition) is 1. The Labute approximate surface area is 154 Å². The van der Waals surface area contributed by atoms with Gasteiger partial charge in [0.2, 0.25) is 11.8 Å². The summed E-state index contributed by atoms with van der Waals surface area (Å²) >= 11 is 0. The Bertz CT molecular complexity index is 734. The zero-order valence-corrected chi connectivity index (χ0v) is 15.2. The van der Waals surface area contributed by atoms with Gasteiger partial charge in [-0.3, -0.25) is 9.59 Å². The summed E-state index contributed by atoms with van der Waals surface area (Å²) in [6.45, 7) is 4.24. The third-order valence-corrected chi connectivity index (χ3v) is 4.21. The van der Waals surface area contributed by atoms with Gasteiger partial charge in [0.15, 0.2) is 0 Å². The van der Waals surface area contributed by atoms with E-state index in [1.54, 1.807) is 25.1 Å². The number of benzene rings is 2. The van der Waals surface area contributed by atoms with Crippen molar-refractivity contribution >= 4 is 11.8 Å². The molecule has 0 radical (unpaired) electrons. The van der Waals surface area contributed by atoms with Crippen molar-refractivity contribution in [2.24, 2.45) is 0 Å². The molecule has 26 heavy (non-hydrogen) atoms. The van der Waals surface area contributed by atoms with Crippen LogP contribution in [0.5, 0.6) is 0 Å². The van der Waals surface area contributed by atoms with Crippen molar-refractivity contribution in [2.75, 3.05) is 6.54 Å². The molecular weight excluding hydrogens is 331 g/mol. The summed E-state index contributed by atoms with van der Waals surface area (Å²) in [5, 5.41) is 2.81. The van der Waals surface area contributed by atoms with E-state index >= 15 is 0 Å². The van der Waals surface area contributed by atoms with E-state index in [2.05, 4.69) is 5.32 Å². The number of carbonyl (C=O) groups is 2. The van der Waals surface area contributed by atoms with Crippen LogP contribution in [-0.4, -0.2) is 29.3 Å². The van der Waals surface area contributed by atoms with Crippen molar-refractivity contribution in [3.8, 4) is 0 Å². The van der Waals surface area contributed by atoms with Crippen LogP contribution in [0, 0.1) is 5.82 Å². The molecule has 1 N–H and O–H groups in total. The summed E-state index contributed by atoms with van der Waals surface area (Å²) in [5.74, 6) is -0.825. The number of nitrogens with one attached hydrogen (secondary N) is 1. The monoisotopic (exact) mass is 356 g/mol. The summed E-state index contributed by atoms with van der Waals surface area (Å²) in [6, 6.07) is 15.0. The van der Waals surface area contributed by atoms with E-state index in [-0.39, 0.29) is 30.6 Å². The van der Waals surface area contributed by atoms with Gasteiger partial charge in [0.25, 0.3) is 0 Å². The van der Waals surface area contributed by atoms with Crippen LogP contribution in [0.4, 0.5) is 4.39 Å². The van der Waals surface area contributed by atoms with Crippen LogP contribution in [-0.2, 0) is 22.6 Å². The van der Waals surface area contributed by atoms with E-state index in [0.717, 1.165) is 12.0 Å². The largest absolute Gasteiger partial charge is 0.354 e. The first-order valence-electron chi connectivity index (χ1n) is 8.87. The van der Waals surface area contributed by atoms with E-state index in [0.29, 0.717) is 12.1 Å². The molecule has 5 heteroatoms. The summed E-state index contributed by atoms with van der Waals surface area (Å²) < 4.78 is 14.1. The topological polar surface area (TPSA) is 49.4 Å². The summed E-state index contributed by atoms with van der Waals surface area (Å²) in [7, 11) is 0. The molecule has 138 valence electrons. The number of rotatable bonds is 8. The first-order chi connectivity index (χ1) is 12.5. The van der Waals surface area contributed by atoms with Gasteiger partial charge in [-0.25, -0.2) is 4.39 Å². The van der Waals surface area contributed by atoms with Crippen LogP contribution in [0.1, 0.15) is 31.4 Å². The van der Waals surface area contributed by atoms with E-state index in [1.807, 2.05) is 37.3 Å². The fraction of sp³-hybridized carbons (Fsp3) is 0.333. The van der Waals surface area contributed by atoms with Gasteiger partial charge in [-0.05, 0) is 25.0 Å². The molecule has 0 aliphatic rings. The molecule has 0 spiro atoms. The number of hydrogen-bond acceptors (Lipinski definition) is 2. The van der Waals surface area contributed by atoms with Crippen LogP contribution >= 0.6 is 0 Å². The Hall–Kier alpha value is -2.69. The van der Waals surface area contributed by atoms with Gasteiger partial charge < -0.3 is 10.2 Å². The first kappa shape index (κ1) is 19.6. The quantitative estimate of drug-likeness (QED) is 0.789. The normalized spacial score (nSPS) is 11.7. The zero-order chi connectivity index (χ0) is 18.9. The Morgan fingerprint density at radius 1 is 1.08 bits per heavy atom. The lowest BCUT2D eigenvalue weighted by molar-refractivity contribution is -0.140. The third-order valence-electron chi connectivity index (χ3n) is 4.21. The number of amides is 2. The van der Waals surface area contributed by atoms with Crippen LogP contribution in [0.3, 0.4) is 0 Å². The van der Waals surface area contributed by atoms with Crippen LogP contribution in [0.25, 0.3) is 0 Å². The lowest BCUT2D eigenvalue weighted by atomic mass is 10.1. The fourth-order valence-corrected chi connectivity index (χ4v) is 2.66. The number of carbonyl (C=O) groups excluding carboxylic acids is 2. The highest BCUT2D eigenvalue weighted by Crippen LogP contribution is 2.15. The molecule has 2 amide bonds. The Kier molecular flexibility index (Phi) is 7.33. The van der Waals surface area contributed by atoms with Crippen molar-refractivity contribution in [1.29, 1.82) is 0 Å². The van der Waals surface area contributed by atoms with Gasteiger partial charge in [-0.1, -0.05) is 55.5 Å². The predicted molar refractivity (Wildman–Crippen MR) is 99.9 cm³/mol. The van der Waals surface area contributed by atoms with Gasteiger partial charge in [0.05, 0.1) is 6.42 Å². The molecule has 0 fully saturated rings. The van der Waals surface area contributed by atoms with E-state index in [1.165, 1.54) is 11.0 Å². The molecule has 2 rings (SSSR count). The minimum absolute atomic E-state index is 0.0546. The minimum Gasteiger partial charge on any atom is -0.354 e. The maximum absolute atomic E-state index is 14.1. The van der Waals surface area contributed by atoms with Gasteiger partial charge in [-0.2, -0.15) is 0 Å². The molecule has 1 atom stereocenters. The standard InChI is InChI=1S/C21H25FN2O2/c1-3-13-23-21(26)16(2)24(15-18-11-7-8-12-19(18)22)20(25)14-17-9-5-4-6-10-17/h4-12,16H,3,13-15H2,1-2H3,(H,23,26). The lowest BCUT2D eigenvalue weighted by Crippen LogP contribution is -2.48. The lowest BCUT2D eigenvalue weighted by Gasteiger charge is -2.29. The molecule has 2 aromatic rings. The fourth-order valence-electron chi connectivity index (χ4n) is 2.66. The van der Waals surface area contributed by atoms with Crippen molar-refractivity contribution < 1.29 is 14.0 Å². The van der Waals surface area contributed by atoms with E-state index in [9.17, 15) is 14.0 Å². The third kappa shape index (κ3) is 5.41. The molecule has 0 saturated carbocycles. The highest BCUT2D eigenvalue weighted by atomic mass is 19.1.